The maximum atomic E-state index is 12.6. The Morgan fingerprint density at radius 2 is 2.00 bits per heavy atom. The topological polar surface area (TPSA) is 69.7 Å². The lowest BCUT2D eigenvalue weighted by Crippen LogP contribution is -2.38. The molecule has 0 amide bonds. The molecule has 1 aliphatic heterocycles. The first-order chi connectivity index (χ1) is 11.6. The first-order valence-electron chi connectivity index (χ1n) is 8.16. The van der Waals surface area contributed by atoms with Gasteiger partial charge in [-0.3, -0.25) is 14.4 Å². The van der Waals surface area contributed by atoms with Crippen LogP contribution in [-0.4, -0.2) is 35.8 Å². The molecule has 0 spiro atoms. The Morgan fingerprint density at radius 1 is 1.25 bits per heavy atom. The summed E-state index contributed by atoms with van der Waals surface area (Å²) in [5.74, 6) is -1.93. The zero-order valence-corrected chi connectivity index (χ0v) is 13.6. The first kappa shape index (κ1) is 15.6. The Bertz CT molecular complexity index is 686. The SMILES string of the molecule is O=C(O[C@H](CCl)C(=O)c1ccccc1)[C@H]1[C@@H]2C[C@@H]3[C@@H]1C(=O)O[C@@H]3C2. The van der Waals surface area contributed by atoms with E-state index in [1.807, 2.05) is 0 Å². The van der Waals surface area contributed by atoms with E-state index in [9.17, 15) is 14.4 Å². The van der Waals surface area contributed by atoms with Crippen LogP contribution in [-0.2, 0) is 19.1 Å². The molecule has 2 aliphatic carbocycles. The number of halogens is 1. The number of carbonyl (C=O) groups is 3. The average molecular weight is 349 g/mol. The third-order valence-corrected chi connectivity index (χ3v) is 5.78. The van der Waals surface area contributed by atoms with Crippen LogP contribution in [0.5, 0.6) is 0 Å². The van der Waals surface area contributed by atoms with E-state index in [0.717, 1.165) is 6.42 Å². The van der Waals surface area contributed by atoms with Crippen molar-refractivity contribution in [1.82, 2.24) is 0 Å². The van der Waals surface area contributed by atoms with E-state index >= 15 is 0 Å². The summed E-state index contributed by atoms with van der Waals surface area (Å²) in [6.45, 7) is 0. The summed E-state index contributed by atoms with van der Waals surface area (Å²) in [5.41, 5.74) is 0.448. The predicted molar refractivity (Wildman–Crippen MR) is 84.4 cm³/mol. The van der Waals surface area contributed by atoms with E-state index in [0.29, 0.717) is 12.0 Å². The van der Waals surface area contributed by atoms with Crippen molar-refractivity contribution in [3.63, 3.8) is 0 Å². The molecule has 6 atom stereocenters. The molecule has 0 N–H and O–H groups in total. The molecule has 3 aliphatic rings. The molecule has 126 valence electrons. The summed E-state index contributed by atoms with van der Waals surface area (Å²) < 4.78 is 10.8. The highest BCUT2D eigenvalue weighted by Crippen LogP contribution is 2.58. The van der Waals surface area contributed by atoms with Crippen LogP contribution in [0.2, 0.25) is 0 Å². The molecule has 1 aromatic carbocycles. The molecular weight excluding hydrogens is 332 g/mol. The molecule has 0 radical (unpaired) electrons. The normalized spacial score (nSPS) is 34.0. The molecule has 24 heavy (non-hydrogen) atoms. The molecule has 4 rings (SSSR count). The van der Waals surface area contributed by atoms with Gasteiger partial charge in [-0.15, -0.1) is 11.6 Å². The molecule has 3 fully saturated rings. The van der Waals surface area contributed by atoms with Gasteiger partial charge in [0.1, 0.15) is 6.10 Å². The van der Waals surface area contributed by atoms with Gasteiger partial charge in [-0.2, -0.15) is 0 Å². The molecule has 6 heteroatoms. The minimum Gasteiger partial charge on any atom is -0.462 e. The van der Waals surface area contributed by atoms with Gasteiger partial charge in [-0.1, -0.05) is 30.3 Å². The summed E-state index contributed by atoms with van der Waals surface area (Å²) in [6.07, 6.45) is 0.462. The number of rotatable bonds is 5. The number of fused-ring (bicyclic) bond motifs is 1. The lowest BCUT2D eigenvalue weighted by molar-refractivity contribution is -0.157. The van der Waals surface area contributed by atoms with E-state index in [-0.39, 0.29) is 35.6 Å². The van der Waals surface area contributed by atoms with Crippen LogP contribution < -0.4 is 0 Å². The van der Waals surface area contributed by atoms with Crippen molar-refractivity contribution in [2.75, 3.05) is 5.88 Å². The van der Waals surface area contributed by atoms with Crippen molar-refractivity contribution in [3.8, 4) is 0 Å². The number of esters is 2. The van der Waals surface area contributed by atoms with Crippen LogP contribution in [0.3, 0.4) is 0 Å². The van der Waals surface area contributed by atoms with Crippen molar-refractivity contribution < 1.29 is 23.9 Å². The highest BCUT2D eigenvalue weighted by molar-refractivity contribution is 6.21. The monoisotopic (exact) mass is 348 g/mol. The maximum absolute atomic E-state index is 12.6. The molecule has 1 heterocycles. The van der Waals surface area contributed by atoms with Crippen molar-refractivity contribution in [1.29, 1.82) is 0 Å². The lowest BCUT2D eigenvalue weighted by atomic mass is 9.80. The number of Topliss-reactive ketones (excluding diaryl/α,β-unsaturated/α-hetero) is 1. The van der Waals surface area contributed by atoms with Gasteiger partial charge in [-0.05, 0) is 18.8 Å². The maximum Gasteiger partial charge on any atom is 0.310 e. The molecule has 2 saturated carbocycles. The third-order valence-electron chi connectivity index (χ3n) is 5.50. The Labute approximate surface area is 144 Å². The number of hydrogen-bond acceptors (Lipinski definition) is 5. The van der Waals surface area contributed by atoms with E-state index in [2.05, 4.69) is 0 Å². The number of benzene rings is 1. The summed E-state index contributed by atoms with van der Waals surface area (Å²) >= 11 is 5.86. The third kappa shape index (κ3) is 2.34. The van der Waals surface area contributed by atoms with E-state index in [1.165, 1.54) is 0 Å². The van der Waals surface area contributed by atoms with E-state index in [1.54, 1.807) is 30.3 Å². The van der Waals surface area contributed by atoms with Crippen LogP contribution in [0.25, 0.3) is 0 Å². The van der Waals surface area contributed by atoms with Gasteiger partial charge in [0.25, 0.3) is 0 Å². The quantitative estimate of drug-likeness (QED) is 0.463. The van der Waals surface area contributed by atoms with Crippen molar-refractivity contribution in [3.05, 3.63) is 35.9 Å². The molecule has 0 aromatic heterocycles. The highest BCUT2D eigenvalue weighted by atomic mass is 35.5. The summed E-state index contributed by atoms with van der Waals surface area (Å²) in [7, 11) is 0. The molecule has 2 bridgehead atoms. The lowest BCUT2D eigenvalue weighted by Gasteiger charge is -2.24. The average Bonchev–Trinajstić information content (AvgIpc) is 3.21. The van der Waals surface area contributed by atoms with Gasteiger partial charge in [0.15, 0.2) is 6.10 Å². The largest absolute Gasteiger partial charge is 0.462 e. The van der Waals surface area contributed by atoms with E-state index < -0.39 is 23.9 Å². The summed E-state index contributed by atoms with van der Waals surface area (Å²) in [5, 5.41) is 0. The van der Waals surface area contributed by atoms with Crippen molar-refractivity contribution in [2.45, 2.75) is 25.0 Å². The predicted octanol–water partition coefficient (Wildman–Crippen LogP) is 2.22. The number of alkyl halides is 1. The van der Waals surface area contributed by atoms with Crippen LogP contribution in [0.15, 0.2) is 30.3 Å². The molecular formula is C18H17ClO5. The fourth-order valence-electron chi connectivity index (χ4n) is 4.49. The van der Waals surface area contributed by atoms with Crippen LogP contribution in [0, 0.1) is 23.7 Å². The van der Waals surface area contributed by atoms with Crippen LogP contribution in [0.4, 0.5) is 0 Å². The standard InChI is InChI=1S/C18H17ClO5/c19-8-13(16(20)9-4-2-1-3-5-9)24-17(21)14-10-6-11-12(7-10)23-18(22)15(11)14/h1-5,10-15H,6-8H2/t10-,11+,12-,13-,14+,15+/m1/s1. The van der Waals surface area contributed by atoms with Crippen molar-refractivity contribution >= 4 is 29.3 Å². The number of ketones is 1. The van der Waals surface area contributed by atoms with Gasteiger partial charge < -0.3 is 9.47 Å². The second kappa shape index (κ2) is 5.88. The molecule has 1 aromatic rings. The summed E-state index contributed by atoms with van der Waals surface area (Å²) in [4.78, 5) is 37.1. The number of carbonyl (C=O) groups excluding carboxylic acids is 3. The fourth-order valence-corrected chi connectivity index (χ4v) is 4.69. The fraction of sp³-hybridized carbons (Fsp3) is 0.500. The van der Waals surface area contributed by atoms with Gasteiger partial charge >= 0.3 is 11.9 Å². The van der Waals surface area contributed by atoms with Crippen molar-refractivity contribution in [2.24, 2.45) is 23.7 Å². The minimum atomic E-state index is -1.03. The zero-order chi connectivity index (χ0) is 16.8. The van der Waals surface area contributed by atoms with Gasteiger partial charge in [0.2, 0.25) is 5.78 Å². The van der Waals surface area contributed by atoms with Gasteiger partial charge in [-0.25, -0.2) is 0 Å². The first-order valence-corrected chi connectivity index (χ1v) is 8.70. The van der Waals surface area contributed by atoms with E-state index in [4.69, 9.17) is 21.1 Å². The Hall–Kier alpha value is -1.88. The Kier molecular flexibility index (Phi) is 3.83. The zero-order valence-electron chi connectivity index (χ0n) is 12.9. The smallest absolute Gasteiger partial charge is 0.310 e. The minimum absolute atomic E-state index is 0.0358. The van der Waals surface area contributed by atoms with Gasteiger partial charge in [0.05, 0.1) is 17.7 Å². The molecule has 5 nitrogen and oxygen atoms in total. The molecule has 1 saturated heterocycles. The Balaban J connectivity index is 1.49. The Morgan fingerprint density at radius 3 is 2.71 bits per heavy atom. The molecule has 0 unspecified atom stereocenters. The number of ether oxygens (including phenoxy) is 2. The van der Waals surface area contributed by atoms with Gasteiger partial charge in [0, 0.05) is 11.5 Å². The van der Waals surface area contributed by atoms with Crippen LogP contribution >= 0.6 is 11.6 Å². The summed E-state index contributed by atoms with van der Waals surface area (Å²) in [6, 6.07) is 8.60. The second-order valence-corrected chi connectivity index (χ2v) is 7.04. The highest BCUT2D eigenvalue weighted by Gasteiger charge is 2.64. The number of hydrogen-bond donors (Lipinski definition) is 0. The second-order valence-electron chi connectivity index (χ2n) is 6.73. The van der Waals surface area contributed by atoms with Crippen LogP contribution in [0.1, 0.15) is 23.2 Å².